The van der Waals surface area contributed by atoms with Gasteiger partial charge < -0.3 is 5.73 Å². The van der Waals surface area contributed by atoms with Crippen molar-refractivity contribution in [3.8, 4) is 0 Å². The van der Waals surface area contributed by atoms with Crippen LogP contribution in [0, 0.1) is 0 Å². The van der Waals surface area contributed by atoms with Crippen molar-refractivity contribution in [3.05, 3.63) is 12.4 Å². The molecule has 0 atom stereocenters. The maximum absolute atomic E-state index is 11.3. The van der Waals surface area contributed by atoms with Gasteiger partial charge in [-0.1, -0.05) is 12.2 Å². The summed E-state index contributed by atoms with van der Waals surface area (Å²) < 4.78 is 24.8. The first-order valence-electron chi connectivity index (χ1n) is 3.29. The molecule has 0 unspecified atom stereocenters. The van der Waals surface area contributed by atoms with Crippen molar-refractivity contribution < 1.29 is 8.42 Å². The van der Waals surface area contributed by atoms with Gasteiger partial charge in [-0.2, -0.15) is 5.10 Å². The van der Waals surface area contributed by atoms with Crippen LogP contribution >= 0.6 is 12.2 Å². The summed E-state index contributed by atoms with van der Waals surface area (Å²) in [7, 11) is -3.52. The van der Waals surface area contributed by atoms with Gasteiger partial charge in [0, 0.05) is 6.20 Å². The van der Waals surface area contributed by atoms with E-state index < -0.39 is 10.0 Å². The Balaban J connectivity index is 2.74. The molecular formula is C5H8N4O2S2. The zero-order chi connectivity index (χ0) is 9.90. The summed E-state index contributed by atoms with van der Waals surface area (Å²) in [5.74, 6) is 0. The van der Waals surface area contributed by atoms with Crippen molar-refractivity contribution in [2.24, 2.45) is 5.73 Å². The van der Waals surface area contributed by atoms with Gasteiger partial charge in [-0.25, -0.2) is 13.1 Å². The standard InChI is InChI=1S/C5H8N4O2S2/c6-5(12)3-9-13(10,11)4-1-7-8-2-4/h1-2,9H,3H2,(H2,6,12)(H,7,8). The van der Waals surface area contributed by atoms with E-state index >= 15 is 0 Å². The Bertz CT molecular complexity index is 383. The van der Waals surface area contributed by atoms with Crippen LogP contribution in [0.5, 0.6) is 0 Å². The van der Waals surface area contributed by atoms with Crippen LogP contribution in [0.2, 0.25) is 0 Å². The van der Waals surface area contributed by atoms with Gasteiger partial charge in [0.2, 0.25) is 10.0 Å². The SMILES string of the molecule is NC(=S)CNS(=O)(=O)c1cn[nH]c1. The van der Waals surface area contributed by atoms with E-state index in [0.29, 0.717) is 0 Å². The van der Waals surface area contributed by atoms with Gasteiger partial charge in [0.25, 0.3) is 0 Å². The lowest BCUT2D eigenvalue weighted by Gasteiger charge is -2.01. The second kappa shape index (κ2) is 3.81. The molecule has 0 aromatic carbocycles. The van der Waals surface area contributed by atoms with E-state index in [-0.39, 0.29) is 16.4 Å². The molecule has 13 heavy (non-hydrogen) atoms. The monoisotopic (exact) mass is 220 g/mol. The molecule has 8 heteroatoms. The molecule has 72 valence electrons. The second-order valence-corrected chi connectivity index (χ2v) is 4.52. The largest absolute Gasteiger partial charge is 0.392 e. The topological polar surface area (TPSA) is 101 Å². The lowest BCUT2D eigenvalue weighted by Crippen LogP contribution is -2.32. The summed E-state index contributed by atoms with van der Waals surface area (Å²) >= 11 is 4.52. The Morgan fingerprint density at radius 1 is 1.77 bits per heavy atom. The normalized spacial score (nSPS) is 11.4. The van der Waals surface area contributed by atoms with Crippen molar-refractivity contribution in [2.75, 3.05) is 6.54 Å². The van der Waals surface area contributed by atoms with Crippen LogP contribution in [0.25, 0.3) is 0 Å². The number of nitrogens with one attached hydrogen (secondary N) is 2. The Hall–Kier alpha value is -0.990. The molecule has 0 radical (unpaired) electrons. The number of H-pyrrole nitrogens is 1. The van der Waals surface area contributed by atoms with Gasteiger partial charge in [-0.3, -0.25) is 5.10 Å². The zero-order valence-electron chi connectivity index (χ0n) is 6.52. The van der Waals surface area contributed by atoms with Crippen molar-refractivity contribution in [2.45, 2.75) is 4.90 Å². The molecule has 6 nitrogen and oxygen atoms in total. The fraction of sp³-hybridized carbons (Fsp3) is 0.200. The van der Waals surface area contributed by atoms with Crippen molar-refractivity contribution >= 4 is 27.2 Å². The van der Waals surface area contributed by atoms with Crippen molar-refractivity contribution in [3.63, 3.8) is 0 Å². The fourth-order valence-corrected chi connectivity index (χ4v) is 1.71. The molecule has 0 saturated carbocycles. The minimum absolute atomic E-state index is 0.0527. The first-order valence-corrected chi connectivity index (χ1v) is 5.18. The maximum Gasteiger partial charge on any atom is 0.244 e. The van der Waals surface area contributed by atoms with E-state index in [0.717, 1.165) is 0 Å². The fourth-order valence-electron chi connectivity index (χ4n) is 0.635. The highest BCUT2D eigenvalue weighted by molar-refractivity contribution is 7.89. The summed E-state index contributed by atoms with van der Waals surface area (Å²) in [5, 5.41) is 5.90. The van der Waals surface area contributed by atoms with Gasteiger partial charge in [0.05, 0.1) is 17.7 Å². The number of nitrogens with two attached hydrogens (primary N) is 1. The molecule has 0 saturated heterocycles. The van der Waals surface area contributed by atoms with Gasteiger partial charge in [-0.05, 0) is 0 Å². The molecule has 0 spiro atoms. The number of hydrogen-bond donors (Lipinski definition) is 3. The molecule has 4 N–H and O–H groups in total. The van der Waals surface area contributed by atoms with Crippen LogP contribution in [0.1, 0.15) is 0 Å². The Morgan fingerprint density at radius 3 is 2.92 bits per heavy atom. The quantitative estimate of drug-likeness (QED) is 0.563. The molecule has 1 aromatic rings. The van der Waals surface area contributed by atoms with Crippen LogP contribution < -0.4 is 10.5 Å². The van der Waals surface area contributed by atoms with E-state index in [9.17, 15) is 8.42 Å². The molecule has 1 rings (SSSR count). The van der Waals surface area contributed by atoms with Crippen LogP contribution in [0.15, 0.2) is 17.3 Å². The van der Waals surface area contributed by atoms with Gasteiger partial charge in [-0.15, -0.1) is 0 Å². The third-order valence-electron chi connectivity index (χ3n) is 1.22. The average Bonchev–Trinajstić information content (AvgIpc) is 2.53. The number of aromatic amines is 1. The van der Waals surface area contributed by atoms with Crippen molar-refractivity contribution in [1.82, 2.24) is 14.9 Å². The number of sulfonamides is 1. The highest BCUT2D eigenvalue weighted by Gasteiger charge is 2.14. The summed E-state index contributed by atoms with van der Waals surface area (Å²) in [6.07, 6.45) is 2.46. The molecular weight excluding hydrogens is 212 g/mol. The Kier molecular flexibility index (Phi) is 2.96. The van der Waals surface area contributed by atoms with Crippen LogP contribution in [-0.2, 0) is 10.0 Å². The van der Waals surface area contributed by atoms with E-state index in [1.165, 1.54) is 12.4 Å². The smallest absolute Gasteiger partial charge is 0.244 e. The van der Waals surface area contributed by atoms with E-state index in [1.54, 1.807) is 0 Å². The Morgan fingerprint density at radius 2 is 2.46 bits per heavy atom. The van der Waals surface area contributed by atoms with Crippen LogP contribution in [-0.4, -0.2) is 30.1 Å². The average molecular weight is 220 g/mol. The molecule has 0 bridgehead atoms. The number of rotatable bonds is 4. The summed E-state index contributed by atoms with van der Waals surface area (Å²) in [5.41, 5.74) is 5.13. The lowest BCUT2D eigenvalue weighted by molar-refractivity contribution is 0.586. The summed E-state index contributed by atoms with van der Waals surface area (Å²) in [6, 6.07) is 0. The molecule has 1 heterocycles. The first-order chi connectivity index (χ1) is 6.02. The minimum Gasteiger partial charge on any atom is -0.392 e. The molecule has 0 amide bonds. The van der Waals surface area contributed by atoms with Gasteiger partial charge in [0.15, 0.2) is 0 Å². The predicted molar refractivity (Wildman–Crippen MR) is 50.6 cm³/mol. The highest BCUT2D eigenvalue weighted by atomic mass is 32.2. The second-order valence-electron chi connectivity index (χ2n) is 2.22. The number of nitrogens with zero attached hydrogens (tertiary/aromatic N) is 1. The third kappa shape index (κ3) is 2.76. The van der Waals surface area contributed by atoms with Crippen LogP contribution in [0.3, 0.4) is 0 Å². The maximum atomic E-state index is 11.3. The van der Waals surface area contributed by atoms with Gasteiger partial charge in [0.1, 0.15) is 4.90 Å². The van der Waals surface area contributed by atoms with Gasteiger partial charge >= 0.3 is 0 Å². The lowest BCUT2D eigenvalue weighted by atomic mass is 10.7. The summed E-state index contributed by atoms with van der Waals surface area (Å²) in [4.78, 5) is 0.149. The van der Waals surface area contributed by atoms with E-state index in [4.69, 9.17) is 5.73 Å². The third-order valence-corrected chi connectivity index (χ3v) is 2.73. The summed E-state index contributed by atoms with van der Waals surface area (Å²) in [6.45, 7) is -0.0527. The van der Waals surface area contributed by atoms with E-state index in [1.807, 2.05) is 0 Å². The number of hydrogen-bond acceptors (Lipinski definition) is 4. The first kappa shape index (κ1) is 10.1. The molecule has 0 aliphatic carbocycles. The van der Waals surface area contributed by atoms with E-state index in [2.05, 4.69) is 27.1 Å². The molecule has 0 fully saturated rings. The van der Waals surface area contributed by atoms with Crippen LogP contribution in [0.4, 0.5) is 0 Å². The Labute approximate surface area is 80.6 Å². The molecule has 0 aliphatic heterocycles. The molecule has 0 aliphatic rings. The number of aromatic nitrogens is 2. The van der Waals surface area contributed by atoms with Crippen molar-refractivity contribution in [1.29, 1.82) is 0 Å². The predicted octanol–water partition coefficient (Wildman–Crippen LogP) is -1.03. The highest BCUT2D eigenvalue weighted by Crippen LogP contribution is 2.02. The zero-order valence-corrected chi connectivity index (χ0v) is 8.15. The number of thiocarbonyl (C=S) groups is 1. The minimum atomic E-state index is -3.52. The molecule has 1 aromatic heterocycles.